The minimum atomic E-state index is -0.585. The first kappa shape index (κ1) is 15.2. The molecule has 2 aromatic rings. The van der Waals surface area contributed by atoms with Gasteiger partial charge in [0.1, 0.15) is 0 Å². The van der Waals surface area contributed by atoms with Crippen LogP contribution in [0.1, 0.15) is 24.0 Å². The Kier molecular flexibility index (Phi) is 5.92. The van der Waals surface area contributed by atoms with Crippen molar-refractivity contribution >= 4 is 11.9 Å². The molecule has 1 N–H and O–H groups in total. The molecule has 2 heteroatoms. The van der Waals surface area contributed by atoms with Crippen molar-refractivity contribution in [2.45, 2.75) is 25.4 Å². The van der Waals surface area contributed by atoms with Gasteiger partial charge in [-0.25, -0.2) is 0 Å². The lowest BCUT2D eigenvalue weighted by Crippen LogP contribution is -2.12. The van der Waals surface area contributed by atoms with Gasteiger partial charge in [-0.15, -0.1) is 0 Å². The summed E-state index contributed by atoms with van der Waals surface area (Å²) >= 11 is 0. The second-order valence-corrected chi connectivity index (χ2v) is 5.09. The maximum atomic E-state index is 11.8. The molecule has 0 heterocycles. The van der Waals surface area contributed by atoms with Crippen LogP contribution in [0.2, 0.25) is 0 Å². The summed E-state index contributed by atoms with van der Waals surface area (Å²) < 4.78 is 0. The van der Waals surface area contributed by atoms with Crippen LogP contribution in [-0.2, 0) is 11.2 Å². The van der Waals surface area contributed by atoms with Crippen LogP contribution in [0.25, 0.3) is 6.08 Å². The Bertz CT molecular complexity index is 573. The molecule has 0 aromatic heterocycles. The van der Waals surface area contributed by atoms with Crippen LogP contribution in [0.3, 0.4) is 0 Å². The first-order chi connectivity index (χ1) is 10.2. The number of carbonyl (C=O) groups is 1. The Hall–Kier alpha value is -2.19. The molecule has 0 saturated heterocycles. The third kappa shape index (κ3) is 5.76. The van der Waals surface area contributed by atoms with Gasteiger partial charge in [0, 0.05) is 6.42 Å². The zero-order valence-corrected chi connectivity index (χ0v) is 12.0. The predicted octanol–water partition coefficient (Wildman–Crippen LogP) is 3.65. The van der Waals surface area contributed by atoms with Crippen LogP contribution < -0.4 is 0 Å². The highest BCUT2D eigenvalue weighted by atomic mass is 16.3. The highest BCUT2D eigenvalue weighted by Crippen LogP contribution is 2.08. The van der Waals surface area contributed by atoms with E-state index in [0.717, 1.165) is 12.0 Å². The Balaban J connectivity index is 1.76. The topological polar surface area (TPSA) is 37.3 Å². The fourth-order valence-corrected chi connectivity index (χ4v) is 2.13. The summed E-state index contributed by atoms with van der Waals surface area (Å²) in [5.41, 5.74) is 2.17. The normalized spacial score (nSPS) is 12.4. The molecular formula is C19H20O2. The zero-order chi connectivity index (χ0) is 14.9. The average Bonchev–Trinajstić information content (AvgIpc) is 2.53. The Morgan fingerprint density at radius 2 is 1.62 bits per heavy atom. The number of benzene rings is 2. The van der Waals surface area contributed by atoms with E-state index in [1.807, 2.05) is 60.7 Å². The molecular weight excluding hydrogens is 260 g/mol. The fourth-order valence-electron chi connectivity index (χ4n) is 2.13. The van der Waals surface area contributed by atoms with Crippen molar-refractivity contribution in [2.75, 3.05) is 0 Å². The predicted molar refractivity (Wildman–Crippen MR) is 85.9 cm³/mol. The minimum Gasteiger partial charge on any atom is -0.393 e. The quantitative estimate of drug-likeness (QED) is 0.786. The number of aliphatic hydroxyl groups is 1. The van der Waals surface area contributed by atoms with E-state index in [0.29, 0.717) is 6.42 Å². The molecule has 0 unspecified atom stereocenters. The molecule has 108 valence electrons. The number of aliphatic hydroxyl groups excluding tert-OH is 1. The van der Waals surface area contributed by atoms with Gasteiger partial charge in [-0.2, -0.15) is 0 Å². The number of allylic oxidation sites excluding steroid dienone is 1. The van der Waals surface area contributed by atoms with Gasteiger partial charge in [0.25, 0.3) is 0 Å². The molecule has 0 saturated carbocycles. The number of rotatable bonds is 7. The fraction of sp³-hybridized carbons (Fsp3) is 0.211. The number of hydrogen-bond donors (Lipinski definition) is 1. The molecule has 0 radical (unpaired) electrons. The van der Waals surface area contributed by atoms with E-state index in [-0.39, 0.29) is 12.2 Å². The molecule has 0 aliphatic rings. The summed E-state index contributed by atoms with van der Waals surface area (Å²) in [5.74, 6) is -0.0422. The lowest BCUT2D eigenvalue weighted by molar-refractivity contribution is -0.116. The van der Waals surface area contributed by atoms with E-state index in [4.69, 9.17) is 0 Å². The molecule has 0 bridgehead atoms. The smallest absolute Gasteiger partial charge is 0.158 e. The van der Waals surface area contributed by atoms with Gasteiger partial charge in [0.2, 0.25) is 0 Å². The van der Waals surface area contributed by atoms with Crippen molar-refractivity contribution < 1.29 is 9.90 Å². The minimum absolute atomic E-state index is 0.0422. The first-order valence-electron chi connectivity index (χ1n) is 7.22. The number of aryl methyl sites for hydroxylation is 1. The van der Waals surface area contributed by atoms with E-state index in [1.54, 1.807) is 12.2 Å². The third-order valence-electron chi connectivity index (χ3n) is 3.31. The van der Waals surface area contributed by atoms with E-state index in [1.165, 1.54) is 5.56 Å². The molecule has 2 rings (SSSR count). The van der Waals surface area contributed by atoms with Gasteiger partial charge in [0.15, 0.2) is 5.78 Å². The molecule has 21 heavy (non-hydrogen) atoms. The lowest BCUT2D eigenvalue weighted by atomic mass is 10.0. The van der Waals surface area contributed by atoms with Gasteiger partial charge in [-0.1, -0.05) is 66.7 Å². The number of carbonyl (C=O) groups excluding carboxylic acids is 1. The molecule has 0 aliphatic carbocycles. The van der Waals surface area contributed by atoms with Crippen LogP contribution in [-0.4, -0.2) is 17.0 Å². The average molecular weight is 280 g/mol. The van der Waals surface area contributed by atoms with Crippen LogP contribution in [0, 0.1) is 0 Å². The summed E-state index contributed by atoms with van der Waals surface area (Å²) in [6.45, 7) is 0. The van der Waals surface area contributed by atoms with E-state index < -0.39 is 6.10 Å². The Labute approximate surface area is 125 Å². The Morgan fingerprint density at radius 3 is 2.29 bits per heavy atom. The lowest BCUT2D eigenvalue weighted by Gasteiger charge is -2.08. The van der Waals surface area contributed by atoms with Crippen LogP contribution in [0.15, 0.2) is 66.7 Å². The van der Waals surface area contributed by atoms with Gasteiger partial charge >= 0.3 is 0 Å². The first-order valence-corrected chi connectivity index (χ1v) is 7.22. The molecule has 0 amide bonds. The largest absolute Gasteiger partial charge is 0.393 e. The van der Waals surface area contributed by atoms with E-state index in [9.17, 15) is 9.90 Å². The van der Waals surface area contributed by atoms with E-state index >= 15 is 0 Å². The van der Waals surface area contributed by atoms with Crippen LogP contribution >= 0.6 is 0 Å². The summed E-state index contributed by atoms with van der Waals surface area (Å²) in [4.78, 5) is 11.8. The van der Waals surface area contributed by atoms with Crippen molar-refractivity contribution in [3.63, 3.8) is 0 Å². The van der Waals surface area contributed by atoms with Crippen molar-refractivity contribution in [1.82, 2.24) is 0 Å². The summed E-state index contributed by atoms with van der Waals surface area (Å²) in [5, 5.41) is 9.92. The van der Waals surface area contributed by atoms with Crippen LogP contribution in [0.5, 0.6) is 0 Å². The molecule has 2 aromatic carbocycles. The van der Waals surface area contributed by atoms with E-state index in [2.05, 4.69) is 0 Å². The van der Waals surface area contributed by atoms with Crippen molar-refractivity contribution in [2.24, 2.45) is 0 Å². The van der Waals surface area contributed by atoms with Crippen molar-refractivity contribution in [3.05, 3.63) is 77.9 Å². The number of hydrogen-bond acceptors (Lipinski definition) is 2. The SMILES string of the molecule is O=C(/C=C/c1ccccc1)C[C@H](O)CCc1ccccc1. The highest BCUT2D eigenvalue weighted by molar-refractivity contribution is 5.93. The summed E-state index contributed by atoms with van der Waals surface area (Å²) in [7, 11) is 0. The van der Waals surface area contributed by atoms with Crippen molar-refractivity contribution in [3.8, 4) is 0 Å². The third-order valence-corrected chi connectivity index (χ3v) is 3.31. The van der Waals surface area contributed by atoms with Crippen LogP contribution in [0.4, 0.5) is 0 Å². The Morgan fingerprint density at radius 1 is 1.00 bits per heavy atom. The summed E-state index contributed by atoms with van der Waals surface area (Å²) in [6, 6.07) is 19.7. The van der Waals surface area contributed by atoms with Gasteiger partial charge in [-0.05, 0) is 30.0 Å². The van der Waals surface area contributed by atoms with Gasteiger partial charge < -0.3 is 5.11 Å². The highest BCUT2D eigenvalue weighted by Gasteiger charge is 2.08. The zero-order valence-electron chi connectivity index (χ0n) is 12.0. The standard InChI is InChI=1S/C19H20O2/c20-18(13-11-16-7-3-1-4-8-16)15-19(21)14-12-17-9-5-2-6-10-17/h1-11,13,19,21H,12,14-15H2/b13-11+/t19-/m1/s1. The summed E-state index contributed by atoms with van der Waals surface area (Å²) in [6.07, 6.45) is 4.31. The number of ketones is 1. The van der Waals surface area contributed by atoms with Gasteiger partial charge in [0.05, 0.1) is 6.10 Å². The van der Waals surface area contributed by atoms with Gasteiger partial charge in [-0.3, -0.25) is 4.79 Å². The molecule has 2 nitrogen and oxygen atoms in total. The van der Waals surface area contributed by atoms with Crippen molar-refractivity contribution in [1.29, 1.82) is 0 Å². The molecule has 1 atom stereocenters. The second kappa shape index (κ2) is 8.18. The molecule has 0 spiro atoms. The molecule has 0 fully saturated rings. The monoisotopic (exact) mass is 280 g/mol. The maximum Gasteiger partial charge on any atom is 0.158 e. The molecule has 0 aliphatic heterocycles. The maximum absolute atomic E-state index is 11.8. The second-order valence-electron chi connectivity index (χ2n) is 5.09.